The first-order valence-electron chi connectivity index (χ1n) is 12.3. The zero-order valence-electron chi connectivity index (χ0n) is 21.1. The van der Waals surface area contributed by atoms with Gasteiger partial charge in [0.05, 0.1) is 16.5 Å². The second-order valence-corrected chi connectivity index (χ2v) is 11.3. The first-order chi connectivity index (χ1) is 17.7. The summed E-state index contributed by atoms with van der Waals surface area (Å²) < 4.78 is 40.8. The van der Waals surface area contributed by atoms with Gasteiger partial charge in [0.2, 0.25) is 10.0 Å². The highest BCUT2D eigenvalue weighted by Crippen LogP contribution is 2.30. The van der Waals surface area contributed by atoms with Crippen LogP contribution in [0.25, 0.3) is 10.9 Å². The molecule has 0 amide bonds. The van der Waals surface area contributed by atoms with E-state index in [0.29, 0.717) is 32.0 Å². The van der Waals surface area contributed by atoms with Crippen molar-refractivity contribution in [2.24, 2.45) is 0 Å². The van der Waals surface area contributed by atoms with Crippen LogP contribution in [-0.2, 0) is 10.0 Å². The monoisotopic (exact) mass is 519 g/mol. The van der Waals surface area contributed by atoms with Crippen LogP contribution in [0.2, 0.25) is 0 Å². The maximum absolute atomic E-state index is 13.3. The number of fused-ring (bicyclic) bond motifs is 1. The van der Waals surface area contributed by atoms with Gasteiger partial charge in [0, 0.05) is 37.3 Å². The summed E-state index contributed by atoms with van der Waals surface area (Å²) in [6.07, 6.45) is 0. The lowest BCUT2D eigenvalue weighted by Crippen LogP contribution is -2.49. The van der Waals surface area contributed by atoms with Crippen molar-refractivity contribution in [2.75, 3.05) is 31.5 Å². The van der Waals surface area contributed by atoms with E-state index in [9.17, 15) is 12.8 Å². The van der Waals surface area contributed by atoms with E-state index in [0.717, 1.165) is 33.5 Å². The highest BCUT2D eigenvalue weighted by Gasteiger charge is 2.31. The van der Waals surface area contributed by atoms with Gasteiger partial charge in [-0.25, -0.2) is 22.8 Å². The molecule has 5 rings (SSSR count). The number of anilines is 2. The fraction of sp³-hybridized carbons (Fsp3) is 0.286. The molecule has 192 valence electrons. The van der Waals surface area contributed by atoms with Gasteiger partial charge >= 0.3 is 0 Å². The smallest absolute Gasteiger partial charge is 0.243 e. The molecule has 37 heavy (non-hydrogen) atoms. The Kier molecular flexibility index (Phi) is 6.94. The van der Waals surface area contributed by atoms with Crippen molar-refractivity contribution in [3.8, 4) is 0 Å². The standard InChI is InChI=1S/C28H30FN5O2S/c1-19-7-6-8-20(2)26(19)31-28-24-9-4-5-10-25(24)30-27(32-28)21(3)33-15-17-34(18-16-33)37(35,36)23-13-11-22(29)12-14-23/h4-14,21H,15-18H2,1-3H3,(H,30,31,32)/t21-/m0/s1. The van der Waals surface area contributed by atoms with E-state index < -0.39 is 15.8 Å². The van der Waals surface area contributed by atoms with E-state index in [2.05, 4.69) is 43.1 Å². The molecule has 1 N–H and O–H groups in total. The number of nitrogens with one attached hydrogen (secondary N) is 1. The van der Waals surface area contributed by atoms with Gasteiger partial charge in [-0.3, -0.25) is 4.90 Å². The van der Waals surface area contributed by atoms with Crippen LogP contribution in [0.5, 0.6) is 0 Å². The Hall–Kier alpha value is -3.40. The van der Waals surface area contributed by atoms with Crippen molar-refractivity contribution >= 4 is 32.4 Å². The number of rotatable bonds is 6. The van der Waals surface area contributed by atoms with Crippen molar-refractivity contribution in [1.82, 2.24) is 19.2 Å². The molecule has 0 saturated carbocycles. The minimum atomic E-state index is -3.67. The number of hydrogen-bond acceptors (Lipinski definition) is 6. The van der Waals surface area contributed by atoms with Gasteiger partial charge in [-0.1, -0.05) is 30.3 Å². The average molecular weight is 520 g/mol. The number of benzene rings is 3. The molecule has 3 aromatic carbocycles. The van der Waals surface area contributed by atoms with Crippen LogP contribution in [0.4, 0.5) is 15.9 Å². The Morgan fingerprint density at radius 2 is 1.51 bits per heavy atom. The highest BCUT2D eigenvalue weighted by molar-refractivity contribution is 7.89. The second kappa shape index (κ2) is 10.2. The third-order valence-electron chi connectivity index (χ3n) is 6.99. The molecule has 1 atom stereocenters. The molecular weight excluding hydrogens is 489 g/mol. The topological polar surface area (TPSA) is 78.4 Å². The Morgan fingerprint density at radius 3 is 2.19 bits per heavy atom. The lowest BCUT2D eigenvalue weighted by atomic mass is 10.1. The molecule has 1 aliphatic heterocycles. The van der Waals surface area contributed by atoms with Crippen molar-refractivity contribution < 1.29 is 12.8 Å². The van der Waals surface area contributed by atoms with E-state index in [1.54, 1.807) is 0 Å². The lowest BCUT2D eigenvalue weighted by molar-refractivity contribution is 0.141. The summed E-state index contributed by atoms with van der Waals surface area (Å²) in [6, 6.07) is 19.0. The molecule has 1 aromatic heterocycles. The molecule has 1 aliphatic rings. The average Bonchev–Trinajstić information content (AvgIpc) is 2.90. The van der Waals surface area contributed by atoms with Gasteiger partial charge in [0.25, 0.3) is 0 Å². The zero-order valence-corrected chi connectivity index (χ0v) is 22.0. The highest BCUT2D eigenvalue weighted by atomic mass is 32.2. The molecule has 2 heterocycles. The number of aromatic nitrogens is 2. The molecular formula is C28H30FN5O2S. The summed E-state index contributed by atoms with van der Waals surface area (Å²) in [4.78, 5) is 12.1. The predicted molar refractivity (Wildman–Crippen MR) is 144 cm³/mol. The first kappa shape index (κ1) is 25.3. The van der Waals surface area contributed by atoms with Crippen molar-refractivity contribution in [1.29, 1.82) is 0 Å². The zero-order chi connectivity index (χ0) is 26.2. The van der Waals surface area contributed by atoms with Crippen molar-refractivity contribution in [3.05, 3.63) is 89.5 Å². The summed E-state index contributed by atoms with van der Waals surface area (Å²) in [5, 5.41) is 4.49. The number of piperazine rings is 1. The Bertz CT molecular complexity index is 1510. The molecule has 9 heteroatoms. The van der Waals surface area contributed by atoms with Crippen molar-refractivity contribution in [2.45, 2.75) is 31.7 Å². The van der Waals surface area contributed by atoms with E-state index >= 15 is 0 Å². The molecule has 4 aromatic rings. The number of hydrogen-bond donors (Lipinski definition) is 1. The molecule has 0 unspecified atom stereocenters. The normalized spacial score (nSPS) is 16.1. The third-order valence-corrected chi connectivity index (χ3v) is 8.90. The van der Waals surface area contributed by atoms with Crippen LogP contribution in [0.1, 0.15) is 29.9 Å². The SMILES string of the molecule is Cc1cccc(C)c1Nc1nc([C@H](C)N2CCN(S(=O)(=O)c3ccc(F)cc3)CC2)nc2ccccc12. The molecule has 1 saturated heterocycles. The van der Waals surface area contributed by atoms with E-state index in [4.69, 9.17) is 9.97 Å². The third kappa shape index (κ3) is 5.07. The maximum atomic E-state index is 13.3. The number of halogens is 1. The summed E-state index contributed by atoms with van der Waals surface area (Å²) in [5.41, 5.74) is 4.15. The Labute approximate surface area is 217 Å². The minimum Gasteiger partial charge on any atom is -0.339 e. The molecule has 0 spiro atoms. The fourth-order valence-electron chi connectivity index (χ4n) is 4.76. The molecule has 0 radical (unpaired) electrons. The van der Waals surface area contributed by atoms with E-state index in [-0.39, 0.29) is 10.9 Å². The molecule has 0 aliphatic carbocycles. The van der Waals surface area contributed by atoms with E-state index in [1.165, 1.54) is 28.6 Å². The van der Waals surface area contributed by atoms with Gasteiger partial charge in [0.1, 0.15) is 17.5 Å². The van der Waals surface area contributed by atoms with Gasteiger partial charge in [0.15, 0.2) is 0 Å². The molecule has 0 bridgehead atoms. The summed E-state index contributed by atoms with van der Waals surface area (Å²) >= 11 is 0. The van der Waals surface area contributed by atoms with Crippen molar-refractivity contribution in [3.63, 3.8) is 0 Å². The number of aryl methyl sites for hydroxylation is 2. The van der Waals surface area contributed by atoms with Gasteiger partial charge in [-0.15, -0.1) is 0 Å². The molecule has 7 nitrogen and oxygen atoms in total. The minimum absolute atomic E-state index is 0.107. The van der Waals surface area contributed by atoms with Gasteiger partial charge in [-0.05, 0) is 68.3 Å². The van der Waals surface area contributed by atoms with Crippen LogP contribution in [0.15, 0.2) is 71.6 Å². The summed E-state index contributed by atoms with van der Waals surface area (Å²) in [6.45, 7) is 7.95. The largest absolute Gasteiger partial charge is 0.339 e. The van der Waals surface area contributed by atoms with Crippen LogP contribution in [-0.4, -0.2) is 53.8 Å². The van der Waals surface area contributed by atoms with Crippen LogP contribution in [0.3, 0.4) is 0 Å². The summed E-state index contributed by atoms with van der Waals surface area (Å²) in [7, 11) is -3.67. The Morgan fingerprint density at radius 1 is 0.865 bits per heavy atom. The molecule has 1 fully saturated rings. The van der Waals surface area contributed by atoms with Gasteiger partial charge < -0.3 is 5.32 Å². The Balaban J connectivity index is 1.38. The van der Waals surface area contributed by atoms with Gasteiger partial charge in [-0.2, -0.15) is 4.31 Å². The second-order valence-electron chi connectivity index (χ2n) is 9.41. The van der Waals surface area contributed by atoms with E-state index in [1.807, 2.05) is 30.3 Å². The van der Waals surface area contributed by atoms with Crippen LogP contribution in [0, 0.1) is 19.7 Å². The predicted octanol–water partition coefficient (Wildman–Crippen LogP) is 5.20. The maximum Gasteiger partial charge on any atom is 0.243 e. The van der Waals surface area contributed by atoms with Crippen LogP contribution < -0.4 is 5.32 Å². The number of sulfonamides is 1. The first-order valence-corrected chi connectivity index (χ1v) is 13.8. The number of para-hydroxylation sites is 2. The quantitative estimate of drug-likeness (QED) is 0.377. The summed E-state index contributed by atoms with van der Waals surface area (Å²) in [5.74, 6) is 0.976. The lowest BCUT2D eigenvalue weighted by Gasteiger charge is -2.36. The number of nitrogens with zero attached hydrogens (tertiary/aromatic N) is 4. The fourth-order valence-corrected chi connectivity index (χ4v) is 6.18. The van der Waals surface area contributed by atoms with Crippen LogP contribution >= 0.6 is 0 Å².